The molecule has 0 aliphatic carbocycles. The molecule has 2 heterocycles. The Kier molecular flexibility index (Phi) is 4.39. The van der Waals surface area contributed by atoms with E-state index in [2.05, 4.69) is 47.4 Å². The highest BCUT2D eigenvalue weighted by molar-refractivity contribution is 5.95. The van der Waals surface area contributed by atoms with E-state index in [0.717, 1.165) is 44.9 Å². The Morgan fingerprint density at radius 1 is 0.571 bits per heavy atom. The topological polar surface area (TPSA) is 43.2 Å². The van der Waals surface area contributed by atoms with E-state index in [1.807, 2.05) is 83.5 Å². The molecule has 5 aromatic carbocycles. The zero-order valence-corrected chi connectivity index (χ0v) is 18.7. The Bertz CT molecular complexity index is 1640. The number of hydrogen-bond acceptors (Lipinski definition) is 4. The van der Waals surface area contributed by atoms with Crippen LogP contribution in [0, 0.1) is 0 Å². The van der Waals surface area contributed by atoms with Crippen LogP contribution in [0.2, 0.25) is 0 Å². The minimum Gasteiger partial charge on any atom is -0.453 e. The summed E-state index contributed by atoms with van der Waals surface area (Å²) < 4.78 is 8.14. The van der Waals surface area contributed by atoms with E-state index in [1.54, 1.807) is 0 Å². The van der Waals surface area contributed by atoms with Crippen LogP contribution in [0.5, 0.6) is 11.5 Å². The van der Waals surface area contributed by atoms with E-state index in [9.17, 15) is 0 Å². The average Bonchev–Trinajstić information content (AvgIpc) is 3.36. The number of anilines is 3. The molecule has 1 aliphatic heterocycles. The lowest BCUT2D eigenvalue weighted by atomic mass is 10.0. The highest BCUT2D eigenvalue weighted by atomic mass is 16.5. The number of benzene rings is 5. The van der Waals surface area contributed by atoms with Gasteiger partial charge >= 0.3 is 0 Å². The minimum absolute atomic E-state index is 0.669. The van der Waals surface area contributed by atoms with Gasteiger partial charge in [0.2, 0.25) is 5.95 Å². The lowest BCUT2D eigenvalue weighted by Gasteiger charge is -2.31. The van der Waals surface area contributed by atoms with Gasteiger partial charge in [-0.25, -0.2) is 0 Å². The molecule has 5 nitrogen and oxygen atoms in total. The zero-order valence-electron chi connectivity index (χ0n) is 18.7. The molecule has 0 unspecified atom stereocenters. The van der Waals surface area contributed by atoms with Crippen molar-refractivity contribution in [3.05, 3.63) is 121 Å². The first-order chi connectivity index (χ1) is 17.4. The average molecular weight is 453 g/mol. The summed E-state index contributed by atoms with van der Waals surface area (Å²) in [5.74, 6) is 2.92. The highest BCUT2D eigenvalue weighted by Gasteiger charge is 2.30. The Hall–Kier alpha value is -4.90. The molecule has 6 aromatic rings. The molecule has 1 aliphatic rings. The Labute approximate surface area is 202 Å². The van der Waals surface area contributed by atoms with Crippen molar-refractivity contribution in [1.82, 2.24) is 14.8 Å². The van der Waals surface area contributed by atoms with Crippen LogP contribution in [0.3, 0.4) is 0 Å². The number of nitrogens with zero attached hydrogens (tertiary/aromatic N) is 4. The van der Waals surface area contributed by atoms with Gasteiger partial charge in [-0.2, -0.15) is 9.67 Å². The Balaban J connectivity index is 1.52. The zero-order chi connectivity index (χ0) is 23.2. The van der Waals surface area contributed by atoms with Gasteiger partial charge in [0.1, 0.15) is 0 Å². The van der Waals surface area contributed by atoms with Crippen molar-refractivity contribution >= 4 is 28.1 Å². The first-order valence-electron chi connectivity index (χ1n) is 11.5. The van der Waals surface area contributed by atoms with E-state index in [1.165, 1.54) is 0 Å². The van der Waals surface area contributed by atoms with Gasteiger partial charge in [-0.05, 0) is 47.2 Å². The predicted molar refractivity (Wildman–Crippen MR) is 139 cm³/mol. The minimum atomic E-state index is 0.669. The van der Waals surface area contributed by atoms with Crippen LogP contribution in [0.15, 0.2) is 121 Å². The van der Waals surface area contributed by atoms with Crippen LogP contribution in [0.25, 0.3) is 27.8 Å². The summed E-state index contributed by atoms with van der Waals surface area (Å²) >= 11 is 0. The van der Waals surface area contributed by atoms with Crippen molar-refractivity contribution in [3.8, 4) is 28.6 Å². The van der Waals surface area contributed by atoms with Crippen molar-refractivity contribution < 1.29 is 4.74 Å². The molecule has 0 spiro atoms. The van der Waals surface area contributed by atoms with Gasteiger partial charge in [-0.1, -0.05) is 84.9 Å². The number of rotatable bonds is 3. The summed E-state index contributed by atoms with van der Waals surface area (Å²) in [5.41, 5.74) is 3.76. The summed E-state index contributed by atoms with van der Waals surface area (Å²) in [5, 5.41) is 7.32. The molecule has 0 fully saturated rings. The fourth-order valence-corrected chi connectivity index (χ4v) is 4.65. The second-order valence-electron chi connectivity index (χ2n) is 8.38. The summed E-state index contributed by atoms with van der Waals surface area (Å²) in [6.07, 6.45) is 0. The van der Waals surface area contributed by atoms with E-state index in [4.69, 9.17) is 14.8 Å². The van der Waals surface area contributed by atoms with Gasteiger partial charge in [-0.3, -0.25) is 4.90 Å². The highest BCUT2D eigenvalue weighted by Crippen LogP contribution is 2.50. The van der Waals surface area contributed by atoms with E-state index >= 15 is 0 Å². The van der Waals surface area contributed by atoms with Crippen LogP contribution >= 0.6 is 0 Å². The number of ether oxygens (including phenoxy) is 1. The summed E-state index contributed by atoms with van der Waals surface area (Å²) in [4.78, 5) is 7.28. The molecule has 35 heavy (non-hydrogen) atoms. The number of hydrogen-bond donors (Lipinski definition) is 0. The lowest BCUT2D eigenvalue weighted by Crippen LogP contribution is -2.19. The normalized spacial score (nSPS) is 12.2. The maximum Gasteiger partial charge on any atom is 0.238 e. The Morgan fingerprint density at radius 3 is 1.97 bits per heavy atom. The van der Waals surface area contributed by atoms with E-state index in [-0.39, 0.29) is 0 Å². The van der Waals surface area contributed by atoms with Gasteiger partial charge in [0, 0.05) is 5.56 Å². The smallest absolute Gasteiger partial charge is 0.238 e. The summed E-state index contributed by atoms with van der Waals surface area (Å²) in [7, 11) is 0. The van der Waals surface area contributed by atoms with Gasteiger partial charge in [0.15, 0.2) is 17.3 Å². The largest absolute Gasteiger partial charge is 0.453 e. The van der Waals surface area contributed by atoms with Crippen molar-refractivity contribution in [1.29, 1.82) is 0 Å². The van der Waals surface area contributed by atoms with Crippen LogP contribution in [-0.4, -0.2) is 14.8 Å². The lowest BCUT2D eigenvalue weighted by molar-refractivity contribution is 0.476. The molecule has 0 radical (unpaired) electrons. The molecule has 1 aromatic heterocycles. The van der Waals surface area contributed by atoms with Gasteiger partial charge in [0.05, 0.1) is 17.1 Å². The van der Waals surface area contributed by atoms with Crippen LogP contribution in [0.4, 0.5) is 17.3 Å². The molecule has 7 rings (SSSR count). The molecular formula is C30H20N4O. The molecule has 166 valence electrons. The monoisotopic (exact) mass is 452 g/mol. The molecule has 0 saturated carbocycles. The van der Waals surface area contributed by atoms with Crippen molar-refractivity contribution in [3.63, 3.8) is 0 Å². The van der Waals surface area contributed by atoms with Crippen LogP contribution in [0.1, 0.15) is 0 Å². The quantitative estimate of drug-likeness (QED) is 0.276. The molecule has 0 N–H and O–H groups in total. The third-order valence-electron chi connectivity index (χ3n) is 6.25. The van der Waals surface area contributed by atoms with Gasteiger partial charge < -0.3 is 4.74 Å². The SMILES string of the molecule is c1ccc(-n2nc(-c3cccc4ccccc34)nc2N2c3ccccc3Oc3ccccc32)cc1. The maximum absolute atomic E-state index is 6.22. The van der Waals surface area contributed by atoms with Crippen molar-refractivity contribution in [2.24, 2.45) is 0 Å². The fraction of sp³-hybridized carbons (Fsp3) is 0. The van der Waals surface area contributed by atoms with Crippen molar-refractivity contribution in [2.75, 3.05) is 4.90 Å². The van der Waals surface area contributed by atoms with Crippen LogP contribution < -0.4 is 9.64 Å². The molecule has 0 amide bonds. The number of para-hydroxylation sites is 5. The van der Waals surface area contributed by atoms with E-state index < -0.39 is 0 Å². The van der Waals surface area contributed by atoms with Crippen molar-refractivity contribution in [2.45, 2.75) is 0 Å². The molecule has 5 heteroatoms. The third-order valence-corrected chi connectivity index (χ3v) is 6.25. The molecule has 0 bridgehead atoms. The first kappa shape index (κ1) is 19.6. The van der Waals surface area contributed by atoms with Gasteiger partial charge in [0.25, 0.3) is 0 Å². The standard InChI is InChI=1S/C30H20N4O/c1-2-13-22(14-3-1)34-30(31-29(32-34)24-16-10-12-21-11-4-5-15-23(21)24)33-25-17-6-8-19-27(25)35-28-20-9-7-18-26(28)33/h1-20H. The molecular weight excluding hydrogens is 432 g/mol. The predicted octanol–water partition coefficient (Wildman–Crippen LogP) is 7.66. The van der Waals surface area contributed by atoms with Crippen LogP contribution in [-0.2, 0) is 0 Å². The third kappa shape index (κ3) is 3.17. The van der Waals surface area contributed by atoms with Gasteiger partial charge in [-0.15, -0.1) is 5.10 Å². The molecule has 0 atom stereocenters. The fourth-order valence-electron chi connectivity index (χ4n) is 4.65. The number of aromatic nitrogens is 3. The second-order valence-corrected chi connectivity index (χ2v) is 8.38. The second kappa shape index (κ2) is 7.85. The summed E-state index contributed by atoms with van der Waals surface area (Å²) in [6.45, 7) is 0. The molecule has 0 saturated heterocycles. The maximum atomic E-state index is 6.22. The first-order valence-corrected chi connectivity index (χ1v) is 11.5. The number of fused-ring (bicyclic) bond motifs is 3. The van der Waals surface area contributed by atoms with E-state index in [0.29, 0.717) is 11.8 Å². The summed E-state index contributed by atoms with van der Waals surface area (Å²) in [6, 6.07) is 40.7. The Morgan fingerprint density at radius 2 is 1.20 bits per heavy atom.